The standard InChI is InChI=1S/C11H9F3N2O2/c12-11(13,14)7-1-3-8(4-2-7)15-16-9-5-10(17)18-6-9/h1-5,15-16H,6H2. The predicted octanol–water partition coefficient (Wildman–Crippen LogP) is 2.06. The fourth-order valence-electron chi connectivity index (χ4n) is 1.34. The molecule has 0 fully saturated rings. The number of anilines is 1. The highest BCUT2D eigenvalue weighted by Crippen LogP contribution is 2.29. The first kappa shape index (κ1) is 12.3. The van der Waals surface area contributed by atoms with Crippen LogP contribution in [0.2, 0.25) is 0 Å². The van der Waals surface area contributed by atoms with Gasteiger partial charge in [0.1, 0.15) is 6.61 Å². The summed E-state index contributed by atoms with van der Waals surface area (Å²) < 4.78 is 41.5. The van der Waals surface area contributed by atoms with Crippen molar-refractivity contribution < 1.29 is 22.7 Å². The van der Waals surface area contributed by atoms with E-state index in [0.717, 1.165) is 12.1 Å². The molecule has 96 valence electrons. The second-order valence-electron chi connectivity index (χ2n) is 3.60. The molecule has 0 radical (unpaired) electrons. The summed E-state index contributed by atoms with van der Waals surface area (Å²) in [6.45, 7) is 0.118. The maximum atomic E-state index is 12.3. The van der Waals surface area contributed by atoms with Crippen molar-refractivity contribution in [2.75, 3.05) is 12.0 Å². The van der Waals surface area contributed by atoms with Gasteiger partial charge in [0.15, 0.2) is 0 Å². The summed E-state index contributed by atoms with van der Waals surface area (Å²) in [6, 6.07) is 4.51. The first-order valence-corrected chi connectivity index (χ1v) is 5.02. The molecule has 7 heteroatoms. The van der Waals surface area contributed by atoms with Crippen molar-refractivity contribution in [1.29, 1.82) is 0 Å². The highest BCUT2D eigenvalue weighted by molar-refractivity contribution is 5.85. The lowest BCUT2D eigenvalue weighted by Crippen LogP contribution is -2.21. The lowest BCUT2D eigenvalue weighted by Gasteiger charge is -2.11. The van der Waals surface area contributed by atoms with Gasteiger partial charge < -0.3 is 15.6 Å². The number of carbonyl (C=O) groups excluding carboxylic acids is 1. The Bertz CT molecular complexity index is 480. The number of carbonyl (C=O) groups is 1. The van der Waals surface area contributed by atoms with Gasteiger partial charge in [-0.3, -0.25) is 0 Å². The number of hydrogen-bond donors (Lipinski definition) is 2. The molecule has 0 aromatic heterocycles. The molecule has 1 aromatic rings. The van der Waals surface area contributed by atoms with Crippen molar-refractivity contribution in [2.45, 2.75) is 6.18 Å². The Morgan fingerprint density at radius 1 is 1.11 bits per heavy atom. The largest absolute Gasteiger partial charge is 0.456 e. The average Bonchev–Trinajstić information content (AvgIpc) is 2.72. The van der Waals surface area contributed by atoms with Crippen LogP contribution in [0.25, 0.3) is 0 Å². The number of hydrazine groups is 1. The number of rotatable bonds is 3. The van der Waals surface area contributed by atoms with Crippen LogP contribution in [0, 0.1) is 0 Å². The average molecular weight is 258 g/mol. The monoisotopic (exact) mass is 258 g/mol. The maximum Gasteiger partial charge on any atom is 0.416 e. The molecule has 2 N–H and O–H groups in total. The van der Waals surface area contributed by atoms with Gasteiger partial charge in [-0.2, -0.15) is 13.2 Å². The predicted molar refractivity (Wildman–Crippen MR) is 57.2 cm³/mol. The number of cyclic esters (lactones) is 1. The Balaban J connectivity index is 1.95. The minimum absolute atomic E-state index is 0.118. The number of nitrogens with one attached hydrogen (secondary N) is 2. The van der Waals surface area contributed by atoms with E-state index in [-0.39, 0.29) is 6.61 Å². The van der Waals surface area contributed by atoms with Gasteiger partial charge in [0.25, 0.3) is 0 Å². The van der Waals surface area contributed by atoms with Crippen LogP contribution in [0.15, 0.2) is 36.0 Å². The number of hydrogen-bond acceptors (Lipinski definition) is 4. The van der Waals surface area contributed by atoms with Crippen molar-refractivity contribution in [1.82, 2.24) is 5.43 Å². The van der Waals surface area contributed by atoms with Crippen LogP contribution in [-0.4, -0.2) is 12.6 Å². The molecule has 1 heterocycles. The van der Waals surface area contributed by atoms with E-state index in [4.69, 9.17) is 0 Å². The fraction of sp³-hybridized carbons (Fsp3) is 0.182. The van der Waals surface area contributed by atoms with Crippen LogP contribution in [0.5, 0.6) is 0 Å². The van der Waals surface area contributed by atoms with Crippen LogP contribution in [0.4, 0.5) is 18.9 Å². The van der Waals surface area contributed by atoms with Gasteiger partial charge in [0, 0.05) is 6.08 Å². The highest BCUT2D eigenvalue weighted by atomic mass is 19.4. The molecule has 1 aliphatic rings. The molecule has 1 aliphatic heterocycles. The van der Waals surface area contributed by atoms with Gasteiger partial charge >= 0.3 is 12.1 Å². The molecule has 4 nitrogen and oxygen atoms in total. The molecule has 0 aliphatic carbocycles. The molecule has 0 bridgehead atoms. The van der Waals surface area contributed by atoms with E-state index in [0.29, 0.717) is 11.4 Å². The van der Waals surface area contributed by atoms with Crippen molar-refractivity contribution in [3.05, 3.63) is 41.6 Å². The Hall–Kier alpha value is -2.18. The summed E-state index contributed by atoms with van der Waals surface area (Å²) in [6.07, 6.45) is -3.09. The zero-order valence-electron chi connectivity index (χ0n) is 9.04. The van der Waals surface area contributed by atoms with Crippen LogP contribution >= 0.6 is 0 Å². The SMILES string of the molecule is O=C1C=C(NNc2ccc(C(F)(F)F)cc2)CO1. The molecule has 0 saturated carbocycles. The van der Waals surface area contributed by atoms with E-state index < -0.39 is 17.7 Å². The highest BCUT2D eigenvalue weighted by Gasteiger charge is 2.29. The van der Waals surface area contributed by atoms with Crippen LogP contribution in [-0.2, 0) is 15.7 Å². The van der Waals surface area contributed by atoms with E-state index in [1.165, 1.54) is 18.2 Å². The summed E-state index contributed by atoms with van der Waals surface area (Å²) in [5.74, 6) is -0.452. The summed E-state index contributed by atoms with van der Waals surface area (Å²) in [5.41, 5.74) is 5.58. The van der Waals surface area contributed by atoms with E-state index in [2.05, 4.69) is 15.6 Å². The zero-order valence-corrected chi connectivity index (χ0v) is 9.04. The fourth-order valence-corrected chi connectivity index (χ4v) is 1.34. The Morgan fingerprint density at radius 2 is 1.78 bits per heavy atom. The first-order chi connectivity index (χ1) is 8.45. The molecule has 2 rings (SSSR count). The third-order valence-electron chi connectivity index (χ3n) is 2.24. The minimum atomic E-state index is -4.35. The van der Waals surface area contributed by atoms with Crippen LogP contribution in [0.1, 0.15) is 5.56 Å². The molecule has 0 saturated heterocycles. The van der Waals surface area contributed by atoms with Crippen molar-refractivity contribution in [3.63, 3.8) is 0 Å². The van der Waals surface area contributed by atoms with Gasteiger partial charge in [-0.1, -0.05) is 0 Å². The number of esters is 1. The molecule has 0 amide bonds. The van der Waals surface area contributed by atoms with E-state index >= 15 is 0 Å². The maximum absolute atomic E-state index is 12.3. The molecule has 1 aromatic carbocycles. The van der Waals surface area contributed by atoms with Crippen molar-refractivity contribution >= 4 is 11.7 Å². The number of ether oxygens (including phenoxy) is 1. The molecular weight excluding hydrogens is 249 g/mol. The zero-order chi connectivity index (χ0) is 13.2. The van der Waals surface area contributed by atoms with Crippen LogP contribution in [0.3, 0.4) is 0 Å². The summed E-state index contributed by atoms with van der Waals surface area (Å²) in [4.78, 5) is 10.7. The van der Waals surface area contributed by atoms with E-state index in [1.807, 2.05) is 0 Å². The Morgan fingerprint density at radius 3 is 2.28 bits per heavy atom. The molecule has 0 unspecified atom stereocenters. The second-order valence-corrected chi connectivity index (χ2v) is 3.60. The number of halogens is 3. The molecule has 0 atom stereocenters. The van der Waals surface area contributed by atoms with Gasteiger partial charge in [-0.05, 0) is 24.3 Å². The smallest absolute Gasteiger partial charge is 0.416 e. The first-order valence-electron chi connectivity index (χ1n) is 5.02. The van der Waals surface area contributed by atoms with Crippen molar-refractivity contribution in [3.8, 4) is 0 Å². The number of benzene rings is 1. The summed E-state index contributed by atoms with van der Waals surface area (Å²) in [5, 5.41) is 0. The van der Waals surface area contributed by atoms with Gasteiger partial charge in [-0.15, -0.1) is 0 Å². The third-order valence-corrected chi connectivity index (χ3v) is 2.24. The summed E-state index contributed by atoms with van der Waals surface area (Å²) >= 11 is 0. The van der Waals surface area contributed by atoms with Crippen LogP contribution < -0.4 is 10.9 Å². The minimum Gasteiger partial charge on any atom is -0.456 e. The topological polar surface area (TPSA) is 50.4 Å². The quantitative estimate of drug-likeness (QED) is 0.643. The van der Waals surface area contributed by atoms with Gasteiger partial charge in [-0.25, -0.2) is 4.79 Å². The lowest BCUT2D eigenvalue weighted by atomic mass is 10.2. The Kier molecular flexibility index (Phi) is 3.14. The van der Waals surface area contributed by atoms with E-state index in [1.54, 1.807) is 0 Å². The second kappa shape index (κ2) is 4.59. The molecule has 0 spiro atoms. The van der Waals surface area contributed by atoms with Crippen molar-refractivity contribution in [2.24, 2.45) is 0 Å². The third kappa shape index (κ3) is 2.93. The lowest BCUT2D eigenvalue weighted by molar-refractivity contribution is -0.137. The van der Waals surface area contributed by atoms with E-state index in [9.17, 15) is 18.0 Å². The number of alkyl halides is 3. The summed E-state index contributed by atoms with van der Waals surface area (Å²) in [7, 11) is 0. The Labute approximate surface area is 100 Å². The van der Waals surface area contributed by atoms with Gasteiger partial charge in [0.05, 0.1) is 16.9 Å². The molecular formula is C11H9F3N2O2. The van der Waals surface area contributed by atoms with Gasteiger partial charge in [0.2, 0.25) is 0 Å². The normalized spacial score (nSPS) is 15.1. The molecule has 18 heavy (non-hydrogen) atoms.